The Morgan fingerprint density at radius 2 is 2.05 bits per heavy atom. The van der Waals surface area contributed by atoms with Crippen molar-refractivity contribution in [3.8, 4) is 0 Å². The Morgan fingerprint density at radius 3 is 2.82 bits per heavy atom. The summed E-state index contributed by atoms with van der Waals surface area (Å²) in [5, 5.41) is 0.422. The minimum Gasteiger partial charge on any atom is -0.379 e. The summed E-state index contributed by atoms with van der Waals surface area (Å²) >= 11 is 0. The van der Waals surface area contributed by atoms with Crippen molar-refractivity contribution in [2.24, 2.45) is 5.92 Å². The van der Waals surface area contributed by atoms with Gasteiger partial charge in [-0.15, -0.1) is 0 Å². The highest BCUT2D eigenvalue weighted by molar-refractivity contribution is 5.89. The second kappa shape index (κ2) is 5.72. The molecule has 0 amide bonds. The molecule has 2 aromatic heterocycles. The summed E-state index contributed by atoms with van der Waals surface area (Å²) in [4.78, 5) is 13.5. The lowest BCUT2D eigenvalue weighted by Crippen LogP contribution is -2.39. The molecule has 1 aliphatic rings. The number of nitrogens with zero attached hydrogens (tertiary/aromatic N) is 4. The van der Waals surface area contributed by atoms with Crippen molar-refractivity contribution < 1.29 is 13.5 Å². The van der Waals surface area contributed by atoms with Crippen LogP contribution in [-0.2, 0) is 4.74 Å². The van der Waals surface area contributed by atoms with E-state index in [-0.39, 0.29) is 23.2 Å². The van der Waals surface area contributed by atoms with Gasteiger partial charge in [0.15, 0.2) is 5.82 Å². The molecule has 3 rings (SSSR count). The van der Waals surface area contributed by atoms with Gasteiger partial charge in [0.25, 0.3) is 0 Å². The maximum atomic E-state index is 14.2. The van der Waals surface area contributed by atoms with Crippen LogP contribution in [0.2, 0.25) is 0 Å². The van der Waals surface area contributed by atoms with Crippen molar-refractivity contribution >= 4 is 16.7 Å². The van der Waals surface area contributed by atoms with Crippen LogP contribution in [0.5, 0.6) is 0 Å². The third-order valence-corrected chi connectivity index (χ3v) is 4.26. The van der Waals surface area contributed by atoms with E-state index in [4.69, 9.17) is 4.74 Å². The predicted molar refractivity (Wildman–Crippen MR) is 78.8 cm³/mol. The van der Waals surface area contributed by atoms with Gasteiger partial charge in [-0.25, -0.2) is 4.39 Å². The lowest BCUT2D eigenvalue weighted by Gasteiger charge is -2.31. The minimum absolute atomic E-state index is 0.0278. The third-order valence-electron chi connectivity index (χ3n) is 4.26. The lowest BCUT2D eigenvalue weighted by molar-refractivity contribution is 0.124. The van der Waals surface area contributed by atoms with E-state index in [1.165, 1.54) is 13.1 Å². The first-order valence-electron chi connectivity index (χ1n) is 7.31. The summed E-state index contributed by atoms with van der Waals surface area (Å²) < 4.78 is 33.6. The van der Waals surface area contributed by atoms with Crippen LogP contribution in [0.25, 0.3) is 10.9 Å². The van der Waals surface area contributed by atoms with Crippen molar-refractivity contribution in [2.45, 2.75) is 26.8 Å². The summed E-state index contributed by atoms with van der Waals surface area (Å²) in [6, 6.07) is 0.0874. The van der Waals surface area contributed by atoms with Gasteiger partial charge in [0.05, 0.1) is 24.3 Å². The predicted octanol–water partition coefficient (Wildman–Crippen LogP) is 2.47. The number of rotatable bonds is 1. The Hall–Kier alpha value is -1.89. The second-order valence-corrected chi connectivity index (χ2v) is 5.72. The number of ether oxygens (including phenoxy) is 1. The van der Waals surface area contributed by atoms with Gasteiger partial charge >= 0.3 is 6.08 Å². The number of hydrogen-bond donors (Lipinski definition) is 0. The molecular weight excluding hydrogens is 290 g/mol. The van der Waals surface area contributed by atoms with Crippen LogP contribution in [0.1, 0.15) is 19.5 Å². The van der Waals surface area contributed by atoms with Gasteiger partial charge in [0, 0.05) is 18.8 Å². The number of aromatic nitrogens is 3. The van der Waals surface area contributed by atoms with Gasteiger partial charge in [-0.2, -0.15) is 14.4 Å². The SMILES string of the molecule is Cc1ncc2c(N3CCOCC(C)[C@H]3C)nc(F)nc2c1F. The molecule has 0 N–H and O–H groups in total. The van der Waals surface area contributed by atoms with Gasteiger partial charge in [0.1, 0.15) is 11.3 Å². The Bertz CT molecular complexity index is 709. The smallest absolute Gasteiger partial charge is 0.311 e. The molecule has 0 radical (unpaired) electrons. The van der Waals surface area contributed by atoms with Gasteiger partial charge in [-0.05, 0) is 19.8 Å². The first kappa shape index (κ1) is 15.0. The van der Waals surface area contributed by atoms with Gasteiger partial charge < -0.3 is 9.64 Å². The normalized spacial score (nSPS) is 22.9. The summed E-state index contributed by atoms with van der Waals surface area (Å²) in [5.74, 6) is 0.0180. The van der Waals surface area contributed by atoms with Crippen LogP contribution in [0.3, 0.4) is 0 Å². The first-order chi connectivity index (χ1) is 10.5. The highest BCUT2D eigenvalue weighted by Crippen LogP contribution is 2.29. The molecule has 0 aromatic carbocycles. The summed E-state index contributed by atoms with van der Waals surface area (Å²) in [6.07, 6.45) is 0.572. The maximum absolute atomic E-state index is 14.2. The Labute approximate surface area is 127 Å². The van der Waals surface area contributed by atoms with E-state index in [0.717, 1.165) is 0 Å². The molecule has 0 bridgehead atoms. The molecule has 1 unspecified atom stereocenters. The topological polar surface area (TPSA) is 51.1 Å². The average molecular weight is 308 g/mol. The van der Waals surface area contributed by atoms with Crippen LogP contribution >= 0.6 is 0 Å². The van der Waals surface area contributed by atoms with E-state index < -0.39 is 11.9 Å². The second-order valence-electron chi connectivity index (χ2n) is 5.72. The summed E-state index contributed by atoms with van der Waals surface area (Å²) in [7, 11) is 0. The van der Waals surface area contributed by atoms with Crippen molar-refractivity contribution in [3.63, 3.8) is 0 Å². The Balaban J connectivity index is 2.19. The van der Waals surface area contributed by atoms with Gasteiger partial charge in [0.2, 0.25) is 0 Å². The number of anilines is 1. The highest BCUT2D eigenvalue weighted by Gasteiger charge is 2.27. The van der Waals surface area contributed by atoms with E-state index >= 15 is 0 Å². The van der Waals surface area contributed by atoms with Gasteiger partial charge in [-0.3, -0.25) is 4.98 Å². The van der Waals surface area contributed by atoms with Crippen LogP contribution in [0.15, 0.2) is 6.20 Å². The average Bonchev–Trinajstić information content (AvgIpc) is 2.65. The molecule has 2 aromatic rings. The van der Waals surface area contributed by atoms with Crippen molar-refractivity contribution in [3.05, 3.63) is 23.8 Å². The van der Waals surface area contributed by atoms with E-state index in [0.29, 0.717) is 31.0 Å². The maximum Gasteiger partial charge on any atom is 0.311 e. The molecule has 0 spiro atoms. The molecular formula is C15H18F2N4O. The largest absolute Gasteiger partial charge is 0.379 e. The van der Waals surface area contributed by atoms with Crippen LogP contribution in [-0.4, -0.2) is 40.8 Å². The molecule has 22 heavy (non-hydrogen) atoms. The van der Waals surface area contributed by atoms with E-state index in [1.54, 1.807) is 0 Å². The van der Waals surface area contributed by atoms with Crippen LogP contribution < -0.4 is 4.90 Å². The molecule has 1 saturated heterocycles. The zero-order valence-corrected chi connectivity index (χ0v) is 12.8. The van der Waals surface area contributed by atoms with E-state index in [2.05, 4.69) is 21.9 Å². The van der Waals surface area contributed by atoms with Crippen LogP contribution in [0, 0.1) is 24.7 Å². The van der Waals surface area contributed by atoms with Crippen LogP contribution in [0.4, 0.5) is 14.6 Å². The third kappa shape index (κ3) is 2.49. The molecule has 7 heteroatoms. The number of fused-ring (bicyclic) bond motifs is 1. The Morgan fingerprint density at radius 1 is 1.27 bits per heavy atom. The monoisotopic (exact) mass is 308 g/mol. The zero-order chi connectivity index (χ0) is 15.9. The fourth-order valence-electron chi connectivity index (χ4n) is 2.71. The molecule has 2 atom stereocenters. The standard InChI is InChI=1S/C15H18F2N4O/c1-8-7-22-5-4-21(10(8)3)14-11-6-18-9(2)12(16)13(11)19-15(17)20-14/h6,8,10H,4-5,7H2,1-3H3/t8?,10-/m1/s1. The molecule has 5 nitrogen and oxygen atoms in total. The van der Waals surface area contributed by atoms with Gasteiger partial charge in [-0.1, -0.05) is 6.92 Å². The van der Waals surface area contributed by atoms with E-state index in [9.17, 15) is 8.78 Å². The number of aryl methyl sites for hydroxylation is 1. The molecule has 1 fully saturated rings. The molecule has 0 saturated carbocycles. The molecule has 118 valence electrons. The van der Waals surface area contributed by atoms with Crippen molar-refractivity contribution in [2.75, 3.05) is 24.7 Å². The molecule has 0 aliphatic carbocycles. The molecule has 1 aliphatic heterocycles. The number of pyridine rings is 1. The van der Waals surface area contributed by atoms with E-state index in [1.807, 2.05) is 11.8 Å². The minimum atomic E-state index is -0.933. The first-order valence-corrected chi connectivity index (χ1v) is 7.31. The highest BCUT2D eigenvalue weighted by atomic mass is 19.1. The van der Waals surface area contributed by atoms with Crippen molar-refractivity contribution in [1.29, 1.82) is 0 Å². The fourth-order valence-corrected chi connectivity index (χ4v) is 2.71. The zero-order valence-electron chi connectivity index (χ0n) is 12.8. The number of halogens is 2. The summed E-state index contributed by atoms with van der Waals surface area (Å²) in [6.45, 7) is 7.33. The van der Waals surface area contributed by atoms with Crippen molar-refractivity contribution in [1.82, 2.24) is 15.0 Å². The fraction of sp³-hybridized carbons (Fsp3) is 0.533. The number of hydrogen-bond acceptors (Lipinski definition) is 5. The summed E-state index contributed by atoms with van der Waals surface area (Å²) in [5.41, 5.74) is 0.164. The Kier molecular flexibility index (Phi) is 3.90. The molecule has 3 heterocycles. The quantitative estimate of drug-likeness (QED) is 0.758. The lowest BCUT2D eigenvalue weighted by atomic mass is 10.0.